The summed E-state index contributed by atoms with van der Waals surface area (Å²) in [6.07, 6.45) is 3.56. The highest BCUT2D eigenvalue weighted by Crippen LogP contribution is 2.61. The monoisotopic (exact) mass is 611 g/mol. The normalized spacial score (nSPS) is 13.7. The van der Waals surface area contributed by atoms with Crippen molar-refractivity contribution in [1.29, 1.82) is 10.8 Å². The van der Waals surface area contributed by atoms with Gasteiger partial charge in [0.15, 0.2) is 0 Å². The Morgan fingerprint density at radius 1 is 0.500 bits per heavy atom. The maximum Gasteiger partial charge on any atom is 0.0754 e. The van der Waals surface area contributed by atoms with Gasteiger partial charge in [0.05, 0.1) is 33.6 Å². The van der Waals surface area contributed by atoms with Crippen LogP contribution in [0.1, 0.15) is 33.4 Å². The molecule has 0 saturated carbocycles. The summed E-state index contributed by atoms with van der Waals surface area (Å²) in [4.78, 5) is 0. The number of hydrogen-bond donors (Lipinski definition) is 2. The largest absolute Gasteiger partial charge is 0.309 e. The SMILES string of the molecule is N=C(/C=C\C(=N)c1cccc2ccccc12)c1cc2c3c(c1)c1ccccc1n3-c1ccccc1C21c2ccccc2-c2ccccc21. The molecule has 1 spiro atoms. The molecule has 48 heavy (non-hydrogen) atoms. The van der Waals surface area contributed by atoms with E-state index in [0.717, 1.165) is 32.8 Å². The van der Waals surface area contributed by atoms with Crippen molar-refractivity contribution in [2.75, 3.05) is 0 Å². The summed E-state index contributed by atoms with van der Waals surface area (Å²) < 4.78 is 2.43. The number of benzene rings is 7. The first-order valence-electron chi connectivity index (χ1n) is 16.4. The van der Waals surface area contributed by atoms with Crippen molar-refractivity contribution >= 4 is 44.0 Å². The smallest absolute Gasteiger partial charge is 0.0754 e. The highest BCUT2D eigenvalue weighted by Gasteiger charge is 2.50. The fourth-order valence-corrected chi connectivity index (χ4v) is 8.55. The highest BCUT2D eigenvalue weighted by atomic mass is 15.0. The van der Waals surface area contributed by atoms with Crippen LogP contribution in [0.15, 0.2) is 164 Å². The average Bonchev–Trinajstić information content (AvgIpc) is 3.64. The van der Waals surface area contributed by atoms with E-state index in [1.54, 1.807) is 12.2 Å². The number of rotatable bonds is 4. The molecular weight excluding hydrogens is 583 g/mol. The predicted octanol–water partition coefficient (Wildman–Crippen LogP) is 10.6. The Hall–Kier alpha value is -6.32. The van der Waals surface area contributed by atoms with Gasteiger partial charge in [-0.2, -0.15) is 0 Å². The number of fused-ring (bicyclic) bond motifs is 13. The Morgan fingerprint density at radius 2 is 1.10 bits per heavy atom. The minimum atomic E-state index is -0.553. The molecule has 3 nitrogen and oxygen atoms in total. The molecule has 0 bridgehead atoms. The molecule has 1 aliphatic heterocycles. The van der Waals surface area contributed by atoms with Crippen LogP contribution in [-0.4, -0.2) is 16.0 Å². The lowest BCUT2D eigenvalue weighted by atomic mass is 9.65. The second kappa shape index (κ2) is 9.84. The molecular formula is C45H29N3. The lowest BCUT2D eigenvalue weighted by molar-refractivity contribution is 0.748. The molecule has 0 atom stereocenters. The number of hydrogen-bond acceptors (Lipinski definition) is 2. The average molecular weight is 612 g/mol. The van der Waals surface area contributed by atoms with Gasteiger partial charge in [-0.25, -0.2) is 0 Å². The minimum absolute atomic E-state index is 0.378. The molecule has 2 aliphatic rings. The maximum absolute atomic E-state index is 9.43. The van der Waals surface area contributed by atoms with Crippen molar-refractivity contribution in [2.45, 2.75) is 5.41 Å². The Kier molecular flexibility index (Phi) is 5.51. The highest BCUT2D eigenvalue weighted by molar-refractivity contribution is 6.20. The summed E-state index contributed by atoms with van der Waals surface area (Å²) in [6, 6.07) is 53.8. The van der Waals surface area contributed by atoms with Gasteiger partial charge >= 0.3 is 0 Å². The summed E-state index contributed by atoms with van der Waals surface area (Å²) >= 11 is 0. The van der Waals surface area contributed by atoms with Crippen molar-refractivity contribution in [3.05, 3.63) is 197 Å². The van der Waals surface area contributed by atoms with Gasteiger partial charge in [-0.15, -0.1) is 0 Å². The van der Waals surface area contributed by atoms with Crippen LogP contribution in [0.2, 0.25) is 0 Å². The van der Waals surface area contributed by atoms with Crippen LogP contribution < -0.4 is 0 Å². The van der Waals surface area contributed by atoms with E-state index in [9.17, 15) is 5.41 Å². The van der Waals surface area contributed by atoms with Gasteiger partial charge in [-0.3, -0.25) is 0 Å². The van der Waals surface area contributed by atoms with Crippen LogP contribution in [0.25, 0.3) is 49.4 Å². The van der Waals surface area contributed by atoms with Crippen molar-refractivity contribution in [2.24, 2.45) is 0 Å². The van der Waals surface area contributed by atoms with Gasteiger partial charge in [-0.1, -0.05) is 127 Å². The summed E-state index contributed by atoms with van der Waals surface area (Å²) in [5.74, 6) is 0. The van der Waals surface area contributed by atoms with Gasteiger partial charge in [0.25, 0.3) is 0 Å². The zero-order valence-electron chi connectivity index (χ0n) is 26.0. The minimum Gasteiger partial charge on any atom is -0.309 e. The van der Waals surface area contributed by atoms with Gasteiger partial charge < -0.3 is 15.4 Å². The Labute approximate surface area is 278 Å². The third-order valence-electron chi connectivity index (χ3n) is 10.5. The standard InChI is InChI=1S/C45H29N3/c46-40(24-25-41(47)33-18-11-13-28-12-1-2-14-30(28)33)29-26-35-34-17-5-9-22-42(34)48-43-23-10-8-21-38(43)45(39(27-29)44(35)48)36-19-6-3-15-31(36)32-16-4-7-20-37(32)45/h1-27,46-47H/b25-24-,46-40?,47-41?. The molecule has 7 aromatic carbocycles. The van der Waals surface area contributed by atoms with Gasteiger partial charge in [0.1, 0.15) is 0 Å². The number of nitrogens with one attached hydrogen (secondary N) is 2. The summed E-state index contributed by atoms with van der Waals surface area (Å²) in [7, 11) is 0. The summed E-state index contributed by atoms with van der Waals surface area (Å²) in [5.41, 5.74) is 12.9. The van der Waals surface area contributed by atoms with Gasteiger partial charge in [0, 0.05) is 21.9 Å². The third kappa shape index (κ3) is 3.42. The van der Waals surface area contributed by atoms with E-state index in [-0.39, 0.29) is 0 Å². The van der Waals surface area contributed by atoms with Crippen LogP contribution in [0, 0.1) is 10.8 Å². The van der Waals surface area contributed by atoms with Gasteiger partial charge in [-0.05, 0) is 80.6 Å². The number of nitrogens with zero attached hydrogens (tertiary/aromatic N) is 1. The first-order valence-corrected chi connectivity index (χ1v) is 16.4. The molecule has 0 saturated heterocycles. The van der Waals surface area contributed by atoms with E-state index in [1.807, 2.05) is 24.3 Å². The van der Waals surface area contributed by atoms with E-state index < -0.39 is 5.41 Å². The second-order valence-electron chi connectivity index (χ2n) is 12.8. The van der Waals surface area contributed by atoms with Crippen molar-refractivity contribution in [3.8, 4) is 16.8 Å². The van der Waals surface area contributed by atoms with E-state index in [4.69, 9.17) is 5.41 Å². The first-order chi connectivity index (χ1) is 23.7. The lowest BCUT2D eigenvalue weighted by Gasteiger charge is -2.39. The van der Waals surface area contributed by atoms with Gasteiger partial charge in [0.2, 0.25) is 0 Å². The fraction of sp³-hybridized carbons (Fsp3) is 0.0222. The van der Waals surface area contributed by atoms with Crippen LogP contribution in [-0.2, 0) is 5.41 Å². The molecule has 0 radical (unpaired) electrons. The van der Waals surface area contributed by atoms with Crippen LogP contribution >= 0.6 is 0 Å². The van der Waals surface area contributed by atoms with E-state index in [2.05, 4.69) is 132 Å². The molecule has 0 amide bonds. The zero-order chi connectivity index (χ0) is 32.0. The Balaban J connectivity index is 1.25. The molecule has 1 aromatic heterocycles. The molecule has 0 fully saturated rings. The van der Waals surface area contributed by atoms with E-state index >= 15 is 0 Å². The quantitative estimate of drug-likeness (QED) is 0.186. The number of para-hydroxylation sites is 2. The van der Waals surface area contributed by atoms with Crippen LogP contribution in [0.5, 0.6) is 0 Å². The molecule has 0 unspecified atom stereocenters. The predicted molar refractivity (Wildman–Crippen MR) is 198 cm³/mol. The topological polar surface area (TPSA) is 52.6 Å². The molecule has 2 heterocycles. The second-order valence-corrected chi connectivity index (χ2v) is 12.8. The fourth-order valence-electron chi connectivity index (χ4n) is 8.55. The van der Waals surface area contributed by atoms with Crippen LogP contribution in [0.4, 0.5) is 0 Å². The maximum atomic E-state index is 9.43. The lowest BCUT2D eigenvalue weighted by Crippen LogP contribution is -2.33. The van der Waals surface area contributed by atoms with Crippen LogP contribution in [0.3, 0.4) is 0 Å². The molecule has 8 aromatic rings. The van der Waals surface area contributed by atoms with Crippen molar-refractivity contribution < 1.29 is 0 Å². The van der Waals surface area contributed by atoms with Crippen molar-refractivity contribution in [3.63, 3.8) is 0 Å². The zero-order valence-corrected chi connectivity index (χ0v) is 26.0. The Morgan fingerprint density at radius 3 is 1.90 bits per heavy atom. The van der Waals surface area contributed by atoms with E-state index in [1.165, 1.54) is 50.0 Å². The summed E-state index contributed by atoms with van der Waals surface area (Å²) in [5, 5.41) is 22.9. The molecule has 2 N–H and O–H groups in total. The molecule has 1 aliphatic carbocycles. The molecule has 10 rings (SSSR count). The van der Waals surface area contributed by atoms with E-state index in [0.29, 0.717) is 11.4 Å². The first kappa shape index (κ1) is 26.9. The number of allylic oxidation sites excluding steroid dienone is 2. The molecule has 3 heteroatoms. The molecule has 224 valence electrons. The summed E-state index contributed by atoms with van der Waals surface area (Å²) in [6.45, 7) is 0. The Bertz CT molecular complexity index is 2670. The third-order valence-corrected chi connectivity index (χ3v) is 10.5. The van der Waals surface area contributed by atoms with Crippen molar-refractivity contribution in [1.82, 2.24) is 4.57 Å². The number of aromatic nitrogens is 1.